The van der Waals surface area contributed by atoms with E-state index in [1.54, 1.807) is 31.8 Å². The molecule has 2 saturated heterocycles. The van der Waals surface area contributed by atoms with E-state index in [4.69, 9.17) is 18.9 Å². The first-order valence-corrected chi connectivity index (χ1v) is 7.36. The fourth-order valence-corrected chi connectivity index (χ4v) is 2.83. The van der Waals surface area contributed by atoms with Gasteiger partial charge < -0.3 is 24.1 Å². The highest BCUT2D eigenvalue weighted by atomic mass is 16.8. The van der Waals surface area contributed by atoms with Crippen LogP contribution in [0.15, 0.2) is 6.20 Å². The lowest BCUT2D eigenvalue weighted by Crippen LogP contribution is -2.33. The monoisotopic (exact) mass is 313 g/mol. The van der Waals surface area contributed by atoms with E-state index >= 15 is 0 Å². The van der Waals surface area contributed by atoms with E-state index in [9.17, 15) is 5.11 Å². The molecule has 0 spiro atoms. The quantitative estimate of drug-likeness (QED) is 0.860. The molecule has 3 heterocycles. The highest BCUT2D eigenvalue weighted by molar-refractivity contribution is 5.03. The minimum atomic E-state index is -1.03. The van der Waals surface area contributed by atoms with Gasteiger partial charge in [-0.25, -0.2) is 4.68 Å². The molecule has 0 bridgehead atoms. The molecule has 8 heteroatoms. The van der Waals surface area contributed by atoms with Gasteiger partial charge in [-0.15, -0.1) is 5.10 Å². The van der Waals surface area contributed by atoms with E-state index in [2.05, 4.69) is 10.3 Å². The van der Waals surface area contributed by atoms with Crippen LogP contribution in [-0.2, 0) is 31.1 Å². The summed E-state index contributed by atoms with van der Waals surface area (Å²) in [6.07, 6.45) is 0.499. The number of hydrogen-bond acceptors (Lipinski definition) is 7. The first kappa shape index (κ1) is 15.8. The van der Waals surface area contributed by atoms with Crippen molar-refractivity contribution < 1.29 is 24.1 Å². The molecule has 0 saturated carbocycles. The number of fused-ring (bicyclic) bond motifs is 1. The van der Waals surface area contributed by atoms with Crippen LogP contribution in [0.1, 0.15) is 33.4 Å². The highest BCUT2D eigenvalue weighted by Crippen LogP contribution is 2.39. The normalized spacial score (nSPS) is 34.1. The van der Waals surface area contributed by atoms with Crippen LogP contribution in [0.3, 0.4) is 0 Å². The summed E-state index contributed by atoms with van der Waals surface area (Å²) < 4.78 is 24.6. The maximum Gasteiger partial charge on any atom is 0.186 e. The second-order valence-electron chi connectivity index (χ2n) is 6.73. The van der Waals surface area contributed by atoms with E-state index in [0.717, 1.165) is 0 Å². The van der Waals surface area contributed by atoms with Gasteiger partial charge in [-0.1, -0.05) is 5.21 Å². The topological polar surface area (TPSA) is 87.9 Å². The molecule has 0 aromatic carbocycles. The van der Waals surface area contributed by atoms with Crippen LogP contribution >= 0.6 is 0 Å². The van der Waals surface area contributed by atoms with Crippen LogP contribution in [0.5, 0.6) is 0 Å². The first-order valence-electron chi connectivity index (χ1n) is 7.36. The van der Waals surface area contributed by atoms with Crippen molar-refractivity contribution in [1.82, 2.24) is 15.0 Å². The smallest absolute Gasteiger partial charge is 0.186 e. The van der Waals surface area contributed by atoms with Gasteiger partial charge in [0.2, 0.25) is 0 Å². The summed E-state index contributed by atoms with van der Waals surface area (Å²) in [5, 5.41) is 18.0. The molecule has 0 unspecified atom stereocenters. The van der Waals surface area contributed by atoms with Crippen molar-refractivity contribution in [2.45, 2.75) is 70.2 Å². The molecular formula is C14H23N3O5. The Bertz CT molecular complexity index is 539. The summed E-state index contributed by atoms with van der Waals surface area (Å²) >= 11 is 0. The maximum absolute atomic E-state index is 9.95. The number of methoxy groups -OCH3 is 1. The van der Waals surface area contributed by atoms with Crippen molar-refractivity contribution in [2.24, 2.45) is 0 Å². The summed E-state index contributed by atoms with van der Waals surface area (Å²) in [5.74, 6) is -0.658. The molecule has 0 aliphatic carbocycles. The van der Waals surface area contributed by atoms with Crippen LogP contribution < -0.4 is 0 Å². The molecule has 3 rings (SSSR count). The van der Waals surface area contributed by atoms with Gasteiger partial charge in [-0.2, -0.15) is 0 Å². The molecule has 0 radical (unpaired) electrons. The fraction of sp³-hybridized carbons (Fsp3) is 0.857. The van der Waals surface area contributed by atoms with Crippen molar-refractivity contribution in [2.75, 3.05) is 7.11 Å². The standard InChI is InChI=1S/C14H23N3O5/c1-13(2,18)9-7-17(16-15-9)6-8-10-11(12(19-5)20-8)22-14(3,4)21-10/h7-8,10-12,18H,6H2,1-5H3/t8-,10-,11-,12-/m1/s1. The van der Waals surface area contributed by atoms with Crippen molar-refractivity contribution in [1.29, 1.82) is 0 Å². The van der Waals surface area contributed by atoms with E-state index in [1.165, 1.54) is 0 Å². The van der Waals surface area contributed by atoms with Gasteiger partial charge >= 0.3 is 0 Å². The first-order chi connectivity index (χ1) is 10.2. The summed E-state index contributed by atoms with van der Waals surface area (Å²) in [5.41, 5.74) is -0.518. The molecule has 1 N–H and O–H groups in total. The minimum Gasteiger partial charge on any atom is -0.384 e. The molecule has 4 atom stereocenters. The zero-order valence-electron chi connectivity index (χ0n) is 13.5. The Morgan fingerprint density at radius 3 is 2.64 bits per heavy atom. The second-order valence-corrected chi connectivity index (χ2v) is 6.73. The fourth-order valence-electron chi connectivity index (χ4n) is 2.83. The van der Waals surface area contributed by atoms with E-state index in [-0.39, 0.29) is 18.3 Å². The Labute approximate surface area is 129 Å². The van der Waals surface area contributed by atoms with Gasteiger partial charge in [-0.05, 0) is 27.7 Å². The predicted molar refractivity (Wildman–Crippen MR) is 74.8 cm³/mol. The molecule has 8 nitrogen and oxygen atoms in total. The number of aromatic nitrogens is 3. The van der Waals surface area contributed by atoms with Gasteiger partial charge in [-0.3, -0.25) is 0 Å². The summed E-state index contributed by atoms with van der Waals surface area (Å²) in [4.78, 5) is 0. The van der Waals surface area contributed by atoms with E-state index in [0.29, 0.717) is 12.2 Å². The Kier molecular flexibility index (Phi) is 3.77. The Hall–Kier alpha value is -1.06. The average Bonchev–Trinajstić information content (AvgIpc) is 3.04. The van der Waals surface area contributed by atoms with Gasteiger partial charge in [0.1, 0.15) is 29.6 Å². The number of nitrogens with zero attached hydrogens (tertiary/aromatic N) is 3. The SMILES string of the molecule is CO[C@@H]1O[C@H](Cn2cc(C(C)(C)O)nn2)[C@H]2OC(C)(C)O[C@@H]12. The number of hydrogen-bond donors (Lipinski definition) is 1. The zero-order valence-corrected chi connectivity index (χ0v) is 13.5. The number of ether oxygens (including phenoxy) is 4. The lowest BCUT2D eigenvalue weighted by Gasteiger charge is -2.23. The van der Waals surface area contributed by atoms with Crippen LogP contribution in [0.2, 0.25) is 0 Å². The molecule has 2 fully saturated rings. The third kappa shape index (κ3) is 2.89. The summed E-state index contributed by atoms with van der Waals surface area (Å²) in [7, 11) is 1.58. The average molecular weight is 313 g/mol. The molecule has 2 aliphatic rings. The van der Waals surface area contributed by atoms with Crippen LogP contribution in [-0.4, -0.2) is 57.6 Å². The highest BCUT2D eigenvalue weighted by Gasteiger charge is 2.55. The van der Waals surface area contributed by atoms with E-state index < -0.39 is 17.7 Å². The van der Waals surface area contributed by atoms with Gasteiger partial charge in [0.25, 0.3) is 0 Å². The van der Waals surface area contributed by atoms with Crippen molar-refractivity contribution >= 4 is 0 Å². The Morgan fingerprint density at radius 2 is 2.05 bits per heavy atom. The predicted octanol–water partition coefficient (Wildman–Crippen LogP) is 0.397. The zero-order chi connectivity index (χ0) is 16.1. The van der Waals surface area contributed by atoms with Crippen molar-refractivity contribution in [3.63, 3.8) is 0 Å². The molecule has 2 aliphatic heterocycles. The molecule has 1 aromatic rings. The van der Waals surface area contributed by atoms with Crippen molar-refractivity contribution in [3.05, 3.63) is 11.9 Å². The van der Waals surface area contributed by atoms with Gasteiger partial charge in [0.05, 0.1) is 12.7 Å². The van der Waals surface area contributed by atoms with Crippen LogP contribution in [0.4, 0.5) is 0 Å². The third-order valence-corrected chi connectivity index (χ3v) is 3.87. The summed E-state index contributed by atoms with van der Waals surface area (Å²) in [6.45, 7) is 7.53. The van der Waals surface area contributed by atoms with Crippen LogP contribution in [0, 0.1) is 0 Å². The van der Waals surface area contributed by atoms with Gasteiger partial charge in [0, 0.05) is 7.11 Å². The second kappa shape index (κ2) is 5.24. The Balaban J connectivity index is 1.74. The number of aliphatic hydroxyl groups is 1. The van der Waals surface area contributed by atoms with Crippen molar-refractivity contribution in [3.8, 4) is 0 Å². The molecular weight excluding hydrogens is 290 g/mol. The van der Waals surface area contributed by atoms with E-state index in [1.807, 2.05) is 13.8 Å². The molecule has 1 aromatic heterocycles. The van der Waals surface area contributed by atoms with Gasteiger partial charge in [0.15, 0.2) is 12.1 Å². The molecule has 22 heavy (non-hydrogen) atoms. The lowest BCUT2D eigenvalue weighted by atomic mass is 10.1. The molecule has 0 amide bonds. The number of rotatable bonds is 4. The van der Waals surface area contributed by atoms with Crippen LogP contribution in [0.25, 0.3) is 0 Å². The summed E-state index contributed by atoms with van der Waals surface area (Å²) in [6, 6.07) is 0. The third-order valence-electron chi connectivity index (χ3n) is 3.87. The Morgan fingerprint density at radius 1 is 1.36 bits per heavy atom. The maximum atomic E-state index is 9.95. The minimum absolute atomic E-state index is 0.227. The largest absolute Gasteiger partial charge is 0.384 e. The lowest BCUT2D eigenvalue weighted by molar-refractivity contribution is -0.228. The molecule has 124 valence electrons.